The summed E-state index contributed by atoms with van der Waals surface area (Å²) in [6.45, 7) is 2.27. The zero-order chi connectivity index (χ0) is 17.1. The zero-order valence-electron chi connectivity index (χ0n) is 14.3. The lowest BCUT2D eigenvalue weighted by Crippen LogP contribution is -2.58. The molecule has 0 saturated carbocycles. The number of rotatable bonds is 3. The number of piperidine rings is 1. The molecule has 2 aliphatic rings. The average Bonchev–Trinajstić information content (AvgIpc) is 3.11. The van der Waals surface area contributed by atoms with Gasteiger partial charge in [-0.1, -0.05) is 18.2 Å². The van der Waals surface area contributed by atoms with Crippen LogP contribution in [0.2, 0.25) is 0 Å². The van der Waals surface area contributed by atoms with Crippen LogP contribution in [0.25, 0.3) is 5.69 Å². The SMILES string of the molecule is N#C[C@@H]1N(Cc2ncnn2-c2ccccc2)CCC[C@@]12CCCCO2. The molecule has 2 saturated heterocycles. The van der Waals surface area contributed by atoms with Gasteiger partial charge in [0.25, 0.3) is 0 Å². The van der Waals surface area contributed by atoms with Gasteiger partial charge < -0.3 is 4.74 Å². The van der Waals surface area contributed by atoms with Crippen molar-refractivity contribution in [1.29, 1.82) is 5.26 Å². The number of hydrogen-bond acceptors (Lipinski definition) is 5. The second-order valence-corrected chi connectivity index (χ2v) is 6.90. The molecule has 2 atom stereocenters. The van der Waals surface area contributed by atoms with E-state index in [-0.39, 0.29) is 11.6 Å². The predicted molar refractivity (Wildman–Crippen MR) is 92.9 cm³/mol. The number of ether oxygens (including phenoxy) is 1. The van der Waals surface area contributed by atoms with E-state index in [0.717, 1.165) is 56.8 Å². The Hall–Kier alpha value is -2.23. The first-order valence-corrected chi connectivity index (χ1v) is 9.04. The Labute approximate surface area is 148 Å². The summed E-state index contributed by atoms with van der Waals surface area (Å²) in [6.07, 6.45) is 6.84. The van der Waals surface area contributed by atoms with E-state index in [9.17, 15) is 5.26 Å². The van der Waals surface area contributed by atoms with Gasteiger partial charge in [-0.05, 0) is 44.2 Å². The predicted octanol–water partition coefficient (Wildman–Crippen LogP) is 2.69. The highest BCUT2D eigenvalue weighted by atomic mass is 16.5. The molecule has 0 amide bonds. The third-order valence-electron chi connectivity index (χ3n) is 5.38. The van der Waals surface area contributed by atoms with Gasteiger partial charge in [0.05, 0.1) is 23.9 Å². The third-order valence-corrected chi connectivity index (χ3v) is 5.38. The van der Waals surface area contributed by atoms with Gasteiger partial charge in [-0.3, -0.25) is 4.90 Å². The molecule has 0 unspecified atom stereocenters. The van der Waals surface area contributed by atoms with Gasteiger partial charge in [0.1, 0.15) is 18.2 Å². The van der Waals surface area contributed by atoms with E-state index in [4.69, 9.17) is 4.74 Å². The number of para-hydroxylation sites is 1. The van der Waals surface area contributed by atoms with Crippen molar-refractivity contribution in [3.8, 4) is 11.8 Å². The van der Waals surface area contributed by atoms with Gasteiger partial charge in [0.15, 0.2) is 0 Å². The van der Waals surface area contributed by atoms with Crippen LogP contribution in [0.4, 0.5) is 0 Å². The molecule has 2 aromatic rings. The van der Waals surface area contributed by atoms with Crippen molar-refractivity contribution < 1.29 is 4.74 Å². The van der Waals surface area contributed by atoms with Crippen LogP contribution >= 0.6 is 0 Å². The Morgan fingerprint density at radius 1 is 1.20 bits per heavy atom. The van der Waals surface area contributed by atoms with E-state index in [1.165, 1.54) is 0 Å². The normalized spacial score (nSPS) is 27.2. The molecule has 1 aromatic carbocycles. The van der Waals surface area contributed by atoms with Crippen LogP contribution in [0.5, 0.6) is 0 Å². The molecule has 1 spiro atoms. The Balaban J connectivity index is 1.58. The molecule has 3 heterocycles. The number of aromatic nitrogens is 3. The Bertz CT molecular complexity index is 739. The lowest BCUT2D eigenvalue weighted by Gasteiger charge is -2.48. The molecule has 0 radical (unpaired) electrons. The summed E-state index contributed by atoms with van der Waals surface area (Å²) in [5, 5.41) is 14.3. The van der Waals surface area contributed by atoms with Crippen molar-refractivity contribution in [1.82, 2.24) is 19.7 Å². The average molecular weight is 337 g/mol. The minimum Gasteiger partial charge on any atom is -0.372 e. The fraction of sp³-hybridized carbons (Fsp3) is 0.526. The van der Waals surface area contributed by atoms with Crippen LogP contribution in [-0.2, 0) is 11.3 Å². The van der Waals surface area contributed by atoms with Crippen LogP contribution in [0.15, 0.2) is 36.7 Å². The summed E-state index contributed by atoms with van der Waals surface area (Å²) in [5.41, 5.74) is 0.687. The zero-order valence-corrected chi connectivity index (χ0v) is 14.3. The Kier molecular flexibility index (Phi) is 4.51. The molecule has 1 aromatic heterocycles. The molecule has 0 aliphatic carbocycles. The third kappa shape index (κ3) is 3.06. The minimum absolute atomic E-state index is 0.220. The number of hydrogen-bond donors (Lipinski definition) is 0. The monoisotopic (exact) mass is 337 g/mol. The second kappa shape index (κ2) is 6.95. The highest BCUT2D eigenvalue weighted by Crippen LogP contribution is 2.38. The fourth-order valence-electron chi connectivity index (χ4n) is 4.18. The summed E-state index contributed by atoms with van der Waals surface area (Å²) < 4.78 is 8.03. The summed E-state index contributed by atoms with van der Waals surface area (Å²) >= 11 is 0. The number of nitriles is 1. The smallest absolute Gasteiger partial charge is 0.146 e. The lowest BCUT2D eigenvalue weighted by atomic mass is 9.79. The first kappa shape index (κ1) is 16.2. The van der Waals surface area contributed by atoms with Gasteiger partial charge in [-0.25, -0.2) is 9.67 Å². The maximum Gasteiger partial charge on any atom is 0.146 e. The van der Waals surface area contributed by atoms with Gasteiger partial charge in [0, 0.05) is 13.2 Å². The topological polar surface area (TPSA) is 67.0 Å². The Morgan fingerprint density at radius 2 is 2.04 bits per heavy atom. The van der Waals surface area contributed by atoms with Crippen LogP contribution in [0.1, 0.15) is 37.9 Å². The molecular weight excluding hydrogens is 314 g/mol. The maximum atomic E-state index is 9.88. The molecule has 25 heavy (non-hydrogen) atoms. The number of benzene rings is 1. The molecular formula is C19H23N5O. The van der Waals surface area contributed by atoms with Gasteiger partial charge in [-0.2, -0.15) is 10.4 Å². The molecule has 0 N–H and O–H groups in total. The van der Waals surface area contributed by atoms with Crippen molar-refractivity contribution >= 4 is 0 Å². The van der Waals surface area contributed by atoms with E-state index in [0.29, 0.717) is 6.54 Å². The van der Waals surface area contributed by atoms with E-state index < -0.39 is 0 Å². The van der Waals surface area contributed by atoms with Crippen molar-refractivity contribution in [2.45, 2.75) is 50.3 Å². The molecule has 6 heteroatoms. The minimum atomic E-state index is -0.303. The first-order chi connectivity index (χ1) is 12.3. The summed E-state index contributed by atoms with van der Waals surface area (Å²) in [7, 11) is 0. The summed E-state index contributed by atoms with van der Waals surface area (Å²) in [6, 6.07) is 12.3. The number of nitrogens with zero attached hydrogens (tertiary/aromatic N) is 5. The van der Waals surface area contributed by atoms with Crippen molar-refractivity contribution in [2.24, 2.45) is 0 Å². The summed E-state index contributed by atoms with van der Waals surface area (Å²) in [5.74, 6) is 0.860. The van der Waals surface area contributed by atoms with Gasteiger partial charge >= 0.3 is 0 Å². The van der Waals surface area contributed by atoms with Crippen molar-refractivity contribution in [3.63, 3.8) is 0 Å². The molecule has 2 fully saturated rings. The van der Waals surface area contributed by atoms with Crippen LogP contribution < -0.4 is 0 Å². The van der Waals surface area contributed by atoms with Crippen molar-refractivity contribution in [3.05, 3.63) is 42.5 Å². The van der Waals surface area contributed by atoms with Crippen LogP contribution in [0, 0.1) is 11.3 Å². The molecule has 2 aliphatic heterocycles. The molecule has 130 valence electrons. The van der Waals surface area contributed by atoms with E-state index >= 15 is 0 Å². The quantitative estimate of drug-likeness (QED) is 0.861. The maximum absolute atomic E-state index is 9.88. The molecule has 0 bridgehead atoms. The standard InChI is InChI=1S/C19H23N5O/c20-13-17-19(9-4-5-12-25-19)10-6-11-23(17)14-18-21-15-22-24(18)16-7-2-1-3-8-16/h1-3,7-8,15,17H,4-6,9-12,14H2/t17-,19-/m0/s1. The van der Waals surface area contributed by atoms with Crippen LogP contribution in [-0.4, -0.2) is 44.5 Å². The van der Waals surface area contributed by atoms with Crippen LogP contribution in [0.3, 0.4) is 0 Å². The highest BCUT2D eigenvalue weighted by molar-refractivity contribution is 5.30. The molecule has 4 rings (SSSR count). The van der Waals surface area contributed by atoms with E-state index in [2.05, 4.69) is 21.1 Å². The van der Waals surface area contributed by atoms with E-state index in [1.807, 2.05) is 35.0 Å². The lowest BCUT2D eigenvalue weighted by molar-refractivity contribution is -0.138. The molecule has 6 nitrogen and oxygen atoms in total. The first-order valence-electron chi connectivity index (χ1n) is 9.04. The highest BCUT2D eigenvalue weighted by Gasteiger charge is 2.47. The van der Waals surface area contributed by atoms with E-state index in [1.54, 1.807) is 6.33 Å². The second-order valence-electron chi connectivity index (χ2n) is 6.90. The number of likely N-dealkylation sites (tertiary alicyclic amines) is 1. The Morgan fingerprint density at radius 3 is 2.80 bits per heavy atom. The van der Waals surface area contributed by atoms with Crippen molar-refractivity contribution in [2.75, 3.05) is 13.2 Å². The summed E-state index contributed by atoms with van der Waals surface area (Å²) in [4.78, 5) is 6.67. The van der Waals surface area contributed by atoms with Gasteiger partial charge in [0.2, 0.25) is 0 Å². The largest absolute Gasteiger partial charge is 0.372 e. The van der Waals surface area contributed by atoms with Gasteiger partial charge in [-0.15, -0.1) is 0 Å². The fourth-order valence-corrected chi connectivity index (χ4v) is 4.18.